The Morgan fingerprint density at radius 3 is 2.68 bits per heavy atom. The van der Waals surface area contributed by atoms with E-state index in [-0.39, 0.29) is 18.3 Å². The van der Waals surface area contributed by atoms with Gasteiger partial charge in [0.2, 0.25) is 0 Å². The van der Waals surface area contributed by atoms with Gasteiger partial charge in [0.05, 0.1) is 9.40 Å². The molecule has 0 radical (unpaired) electrons. The predicted octanol–water partition coefficient (Wildman–Crippen LogP) is 2.88. The van der Waals surface area contributed by atoms with Gasteiger partial charge in [-0.05, 0) is 35.2 Å². The lowest BCUT2D eigenvalue weighted by molar-refractivity contribution is -0.385. The number of nitrogens with zero attached hydrogens (tertiary/aromatic N) is 2. The zero-order chi connectivity index (χ0) is 14.6. The van der Waals surface area contributed by atoms with Crippen LogP contribution < -0.4 is 5.32 Å². The minimum absolute atomic E-state index is 0.0133. The van der Waals surface area contributed by atoms with Gasteiger partial charge in [0, 0.05) is 18.2 Å². The van der Waals surface area contributed by atoms with Gasteiger partial charge in [0.25, 0.3) is 5.69 Å². The van der Waals surface area contributed by atoms with Crippen LogP contribution in [0.3, 0.4) is 0 Å². The number of aromatic nitrogens is 1. The number of halogens is 1. The van der Waals surface area contributed by atoms with Crippen LogP contribution in [0.25, 0.3) is 0 Å². The highest BCUT2D eigenvalue weighted by atomic mass is 79.9. The van der Waals surface area contributed by atoms with E-state index in [1.807, 2.05) is 13.8 Å². The van der Waals surface area contributed by atoms with Crippen LogP contribution in [0.15, 0.2) is 10.7 Å². The molecule has 19 heavy (non-hydrogen) atoms. The first-order valence-corrected chi connectivity index (χ1v) is 6.84. The van der Waals surface area contributed by atoms with Crippen LogP contribution in [-0.2, 0) is 0 Å². The van der Waals surface area contributed by atoms with E-state index in [0.717, 1.165) is 0 Å². The number of aliphatic hydroxyl groups excluding tert-OH is 1. The number of anilines is 1. The maximum Gasteiger partial charge on any atom is 0.291 e. The molecule has 7 heteroatoms. The normalized spacial score (nSPS) is 12.5. The van der Waals surface area contributed by atoms with Crippen molar-refractivity contribution in [1.29, 1.82) is 0 Å². The third-order valence-corrected chi connectivity index (χ3v) is 3.97. The summed E-state index contributed by atoms with van der Waals surface area (Å²) in [6.45, 7) is 5.84. The molecule has 1 heterocycles. The first-order valence-electron chi connectivity index (χ1n) is 6.05. The molecule has 0 fully saturated rings. The summed E-state index contributed by atoms with van der Waals surface area (Å²) in [5.41, 5.74) is 0.523. The third-order valence-electron chi connectivity index (χ3n) is 3.00. The van der Waals surface area contributed by atoms with Gasteiger partial charge < -0.3 is 10.4 Å². The summed E-state index contributed by atoms with van der Waals surface area (Å²) >= 11 is 3.34. The van der Waals surface area contributed by atoms with Crippen molar-refractivity contribution in [3.05, 3.63) is 26.3 Å². The van der Waals surface area contributed by atoms with Crippen molar-refractivity contribution < 1.29 is 10.0 Å². The van der Waals surface area contributed by atoms with Crippen LogP contribution in [0.1, 0.15) is 25.8 Å². The second kappa shape index (κ2) is 6.81. The van der Waals surface area contributed by atoms with Crippen molar-refractivity contribution in [2.24, 2.45) is 5.92 Å². The molecule has 0 spiro atoms. The van der Waals surface area contributed by atoms with E-state index in [1.165, 1.54) is 6.20 Å². The van der Waals surface area contributed by atoms with Crippen molar-refractivity contribution in [1.82, 2.24) is 4.98 Å². The van der Waals surface area contributed by atoms with Gasteiger partial charge in [-0.1, -0.05) is 13.8 Å². The van der Waals surface area contributed by atoms with Gasteiger partial charge in [0.15, 0.2) is 0 Å². The van der Waals surface area contributed by atoms with Crippen LogP contribution in [0, 0.1) is 23.0 Å². The summed E-state index contributed by atoms with van der Waals surface area (Å²) < 4.78 is 0.588. The molecule has 106 valence electrons. The van der Waals surface area contributed by atoms with Crippen LogP contribution in [-0.4, -0.2) is 27.7 Å². The predicted molar refractivity (Wildman–Crippen MR) is 77.3 cm³/mol. The van der Waals surface area contributed by atoms with Crippen molar-refractivity contribution in [2.45, 2.75) is 33.2 Å². The van der Waals surface area contributed by atoms with Crippen LogP contribution >= 0.6 is 15.9 Å². The van der Waals surface area contributed by atoms with E-state index >= 15 is 0 Å². The highest BCUT2D eigenvalue weighted by Gasteiger charge is 2.20. The highest BCUT2D eigenvalue weighted by molar-refractivity contribution is 9.10. The Kier molecular flexibility index (Phi) is 5.68. The number of pyridine rings is 1. The van der Waals surface area contributed by atoms with Gasteiger partial charge in [-0.25, -0.2) is 4.98 Å². The number of aliphatic hydroxyl groups is 1. The number of nitro groups is 1. The molecule has 0 saturated carbocycles. The zero-order valence-corrected chi connectivity index (χ0v) is 12.8. The van der Waals surface area contributed by atoms with E-state index in [4.69, 9.17) is 5.11 Å². The fourth-order valence-electron chi connectivity index (χ4n) is 1.74. The summed E-state index contributed by atoms with van der Waals surface area (Å²) in [7, 11) is 0. The molecule has 6 nitrogen and oxygen atoms in total. The molecule has 0 saturated heterocycles. The Hall–Kier alpha value is -1.21. The molecular weight excluding hydrogens is 314 g/mol. The molecule has 1 unspecified atom stereocenters. The molecule has 2 N–H and O–H groups in total. The number of hydrogen-bond donors (Lipinski definition) is 2. The van der Waals surface area contributed by atoms with Crippen molar-refractivity contribution >= 4 is 27.4 Å². The number of rotatable bonds is 6. The Bertz CT molecular complexity index is 466. The maximum atomic E-state index is 10.8. The molecule has 1 rings (SSSR count). The van der Waals surface area contributed by atoms with Gasteiger partial charge in [-0.3, -0.25) is 10.1 Å². The SMILES string of the molecule is Cc1c([N+](=O)[O-])cnc(NC(CCO)C(C)C)c1Br. The summed E-state index contributed by atoms with van der Waals surface area (Å²) in [5.74, 6) is 0.881. The quantitative estimate of drug-likeness (QED) is 0.618. The molecule has 0 aliphatic heterocycles. The molecular formula is C12H18BrN3O3. The number of hydrogen-bond acceptors (Lipinski definition) is 5. The molecule has 1 aromatic rings. The fraction of sp³-hybridized carbons (Fsp3) is 0.583. The van der Waals surface area contributed by atoms with E-state index < -0.39 is 4.92 Å². The van der Waals surface area contributed by atoms with Crippen LogP contribution in [0.5, 0.6) is 0 Å². The van der Waals surface area contributed by atoms with Crippen molar-refractivity contribution in [3.63, 3.8) is 0 Å². The van der Waals surface area contributed by atoms with E-state index in [0.29, 0.717) is 28.2 Å². The maximum absolute atomic E-state index is 10.8. The smallest absolute Gasteiger partial charge is 0.291 e. The van der Waals surface area contributed by atoms with Gasteiger partial charge in [-0.15, -0.1) is 0 Å². The molecule has 1 atom stereocenters. The lowest BCUT2D eigenvalue weighted by Gasteiger charge is -2.23. The molecule has 0 aliphatic rings. The topological polar surface area (TPSA) is 88.3 Å². The van der Waals surface area contributed by atoms with E-state index in [1.54, 1.807) is 6.92 Å². The van der Waals surface area contributed by atoms with Crippen molar-refractivity contribution in [3.8, 4) is 0 Å². The van der Waals surface area contributed by atoms with Gasteiger partial charge >= 0.3 is 0 Å². The minimum atomic E-state index is -0.454. The molecule has 0 aromatic carbocycles. The fourth-order valence-corrected chi connectivity index (χ4v) is 2.16. The molecule has 1 aromatic heterocycles. The van der Waals surface area contributed by atoms with Crippen molar-refractivity contribution in [2.75, 3.05) is 11.9 Å². The Balaban J connectivity index is 3.02. The first kappa shape index (κ1) is 15.8. The Morgan fingerprint density at radius 2 is 2.21 bits per heavy atom. The van der Waals surface area contributed by atoms with E-state index in [9.17, 15) is 10.1 Å². The molecule has 0 amide bonds. The lowest BCUT2D eigenvalue weighted by Crippen LogP contribution is -2.27. The molecule has 0 aliphatic carbocycles. The average Bonchev–Trinajstić information content (AvgIpc) is 2.33. The second-order valence-electron chi connectivity index (χ2n) is 4.70. The van der Waals surface area contributed by atoms with Crippen LogP contribution in [0.2, 0.25) is 0 Å². The largest absolute Gasteiger partial charge is 0.396 e. The average molecular weight is 332 g/mol. The second-order valence-corrected chi connectivity index (χ2v) is 5.49. The Labute approximate surface area is 120 Å². The van der Waals surface area contributed by atoms with Crippen LogP contribution in [0.4, 0.5) is 11.5 Å². The molecule has 0 bridgehead atoms. The monoisotopic (exact) mass is 331 g/mol. The minimum Gasteiger partial charge on any atom is -0.396 e. The Morgan fingerprint density at radius 1 is 1.58 bits per heavy atom. The summed E-state index contributed by atoms with van der Waals surface area (Å²) in [6, 6.07) is 0.0645. The lowest BCUT2D eigenvalue weighted by atomic mass is 10.0. The number of nitrogens with one attached hydrogen (secondary N) is 1. The summed E-state index contributed by atoms with van der Waals surface area (Å²) in [5, 5.41) is 23.1. The summed E-state index contributed by atoms with van der Waals surface area (Å²) in [4.78, 5) is 14.4. The first-order chi connectivity index (χ1) is 8.88. The van der Waals surface area contributed by atoms with Gasteiger partial charge in [-0.2, -0.15) is 0 Å². The van der Waals surface area contributed by atoms with Gasteiger partial charge in [0.1, 0.15) is 12.0 Å². The zero-order valence-electron chi connectivity index (χ0n) is 11.2. The highest BCUT2D eigenvalue weighted by Crippen LogP contribution is 2.31. The third kappa shape index (κ3) is 3.87. The summed E-state index contributed by atoms with van der Waals surface area (Å²) in [6.07, 6.45) is 1.85. The standard InChI is InChI=1S/C12H18BrN3O3/c1-7(2)9(4-5-17)15-12-11(13)8(3)10(6-14-12)16(18)19/h6-7,9,17H,4-5H2,1-3H3,(H,14,15). The van der Waals surface area contributed by atoms with E-state index in [2.05, 4.69) is 26.2 Å².